The summed E-state index contributed by atoms with van der Waals surface area (Å²) in [6.45, 7) is 4.56. The van der Waals surface area contributed by atoms with Crippen LogP contribution < -0.4 is 4.90 Å². The second-order valence-electron chi connectivity index (χ2n) is 5.33. The van der Waals surface area contributed by atoms with Crippen molar-refractivity contribution in [2.24, 2.45) is 0 Å². The molecule has 1 aliphatic rings. The van der Waals surface area contributed by atoms with E-state index in [1.165, 1.54) is 0 Å². The number of aliphatic carboxylic acids is 1. The fraction of sp³-hybridized carbons (Fsp3) is 0.533. The first-order valence-electron chi connectivity index (χ1n) is 6.89. The average Bonchev–Trinajstić information content (AvgIpc) is 2.38. The molecule has 0 aliphatic carbocycles. The summed E-state index contributed by atoms with van der Waals surface area (Å²) < 4.78 is 0. The molecule has 2 heterocycles. The number of carbonyl (C=O) groups is 1. The summed E-state index contributed by atoms with van der Waals surface area (Å²) in [6.07, 6.45) is 2.97. The van der Waals surface area contributed by atoms with Crippen LogP contribution in [-0.4, -0.2) is 28.6 Å². The van der Waals surface area contributed by atoms with Crippen LogP contribution in [0.3, 0.4) is 0 Å². The van der Waals surface area contributed by atoms with Crippen LogP contribution in [0.1, 0.15) is 42.5 Å². The molecule has 1 aliphatic heterocycles. The molecule has 0 bridgehead atoms. The number of hydrogen-bond acceptors (Lipinski definition) is 4. The third kappa shape index (κ3) is 2.90. The largest absolute Gasteiger partial charge is 0.481 e. The first kappa shape index (κ1) is 14.3. The lowest BCUT2D eigenvalue weighted by Gasteiger charge is -2.36. The van der Waals surface area contributed by atoms with Crippen molar-refractivity contribution in [3.8, 4) is 6.07 Å². The van der Waals surface area contributed by atoms with E-state index in [4.69, 9.17) is 5.11 Å². The Morgan fingerprint density at radius 1 is 1.55 bits per heavy atom. The molecule has 5 heteroatoms. The third-order valence-corrected chi connectivity index (χ3v) is 3.75. The van der Waals surface area contributed by atoms with Gasteiger partial charge in [-0.2, -0.15) is 5.26 Å². The number of rotatable bonds is 3. The molecule has 1 aromatic heterocycles. The third-order valence-electron chi connectivity index (χ3n) is 3.75. The second kappa shape index (κ2) is 5.91. The number of hydrogen-bond donors (Lipinski definition) is 1. The summed E-state index contributed by atoms with van der Waals surface area (Å²) in [5.74, 6) is -0.152. The molecule has 1 aromatic rings. The minimum absolute atomic E-state index is 0.0675. The van der Waals surface area contributed by atoms with Crippen LogP contribution in [0.25, 0.3) is 0 Å². The number of nitriles is 1. The van der Waals surface area contributed by atoms with Crippen molar-refractivity contribution in [3.63, 3.8) is 0 Å². The van der Waals surface area contributed by atoms with E-state index in [1.807, 2.05) is 24.8 Å². The van der Waals surface area contributed by atoms with Crippen molar-refractivity contribution in [1.29, 1.82) is 5.26 Å². The molecule has 0 saturated carbocycles. The molecular weight excluding hydrogens is 254 g/mol. The van der Waals surface area contributed by atoms with Gasteiger partial charge >= 0.3 is 5.97 Å². The minimum Gasteiger partial charge on any atom is -0.481 e. The summed E-state index contributed by atoms with van der Waals surface area (Å²) in [6, 6.07) is 4.03. The van der Waals surface area contributed by atoms with E-state index < -0.39 is 5.97 Å². The van der Waals surface area contributed by atoms with Gasteiger partial charge < -0.3 is 10.0 Å². The maximum absolute atomic E-state index is 11.0. The van der Waals surface area contributed by atoms with Crippen molar-refractivity contribution in [1.82, 2.24) is 4.98 Å². The van der Waals surface area contributed by atoms with Crippen LogP contribution in [0.15, 0.2) is 6.07 Å². The lowest BCUT2D eigenvalue weighted by atomic mass is 9.98. The maximum atomic E-state index is 11.0. The van der Waals surface area contributed by atoms with Crippen LogP contribution >= 0.6 is 0 Å². The number of aromatic nitrogens is 1. The Bertz CT molecular complexity index is 563. The molecule has 20 heavy (non-hydrogen) atoms. The molecule has 0 aromatic carbocycles. The van der Waals surface area contributed by atoms with Crippen molar-refractivity contribution < 1.29 is 9.90 Å². The van der Waals surface area contributed by atoms with Crippen LogP contribution in [-0.2, 0) is 4.79 Å². The van der Waals surface area contributed by atoms with Crippen molar-refractivity contribution in [3.05, 3.63) is 22.9 Å². The van der Waals surface area contributed by atoms with E-state index in [2.05, 4.69) is 11.1 Å². The van der Waals surface area contributed by atoms with Gasteiger partial charge in [0.2, 0.25) is 0 Å². The smallest absolute Gasteiger partial charge is 0.305 e. The lowest BCUT2D eigenvalue weighted by molar-refractivity contribution is -0.137. The van der Waals surface area contributed by atoms with Gasteiger partial charge in [-0.1, -0.05) is 0 Å². The first-order valence-corrected chi connectivity index (χ1v) is 6.89. The fourth-order valence-corrected chi connectivity index (χ4v) is 2.86. The summed E-state index contributed by atoms with van der Waals surface area (Å²) in [4.78, 5) is 17.5. The molecular formula is C15H19N3O2. The van der Waals surface area contributed by atoms with E-state index >= 15 is 0 Å². The zero-order valence-electron chi connectivity index (χ0n) is 11.9. The SMILES string of the molecule is Cc1cc(C)c(C#N)c(N2CCCCC2CC(=O)O)n1. The number of nitrogens with zero attached hydrogens (tertiary/aromatic N) is 3. The van der Waals surface area contributed by atoms with Crippen LogP contribution in [0.2, 0.25) is 0 Å². The van der Waals surface area contributed by atoms with Gasteiger partial charge in [0.25, 0.3) is 0 Å². The van der Waals surface area contributed by atoms with Crippen molar-refractivity contribution in [2.75, 3.05) is 11.4 Å². The summed E-state index contributed by atoms with van der Waals surface area (Å²) in [5.41, 5.74) is 2.32. The van der Waals surface area contributed by atoms with Crippen molar-refractivity contribution in [2.45, 2.75) is 45.6 Å². The molecule has 0 amide bonds. The fourth-order valence-electron chi connectivity index (χ4n) is 2.86. The predicted molar refractivity (Wildman–Crippen MR) is 75.7 cm³/mol. The van der Waals surface area contributed by atoms with Crippen molar-refractivity contribution >= 4 is 11.8 Å². The van der Waals surface area contributed by atoms with Crippen LogP contribution in [0, 0.1) is 25.2 Å². The van der Waals surface area contributed by atoms with Crippen LogP contribution in [0.4, 0.5) is 5.82 Å². The summed E-state index contributed by atoms with van der Waals surface area (Å²) >= 11 is 0. The van der Waals surface area contributed by atoms with Gasteiger partial charge in [0.05, 0.1) is 12.0 Å². The van der Waals surface area contributed by atoms with E-state index in [1.54, 1.807) is 0 Å². The van der Waals surface area contributed by atoms with E-state index in [0.29, 0.717) is 11.4 Å². The molecule has 1 saturated heterocycles. The van der Waals surface area contributed by atoms with Gasteiger partial charge in [-0.25, -0.2) is 4.98 Å². The molecule has 106 valence electrons. The molecule has 1 N–H and O–H groups in total. The number of piperidine rings is 1. The zero-order chi connectivity index (χ0) is 14.7. The van der Waals surface area contributed by atoms with Gasteiger partial charge in [0.1, 0.15) is 11.9 Å². The molecule has 5 nitrogen and oxygen atoms in total. The molecule has 1 fully saturated rings. The number of carboxylic acids is 1. The highest BCUT2D eigenvalue weighted by molar-refractivity contribution is 5.69. The van der Waals surface area contributed by atoms with E-state index in [0.717, 1.165) is 37.1 Å². The zero-order valence-corrected chi connectivity index (χ0v) is 11.9. The number of pyridine rings is 1. The standard InChI is InChI=1S/C15H19N3O2/c1-10-7-11(2)17-15(13(10)9-16)18-6-4-3-5-12(18)8-14(19)20/h7,12H,3-6,8H2,1-2H3,(H,19,20). The van der Waals surface area contributed by atoms with E-state index in [9.17, 15) is 10.1 Å². The molecule has 2 rings (SSSR count). The van der Waals surface area contributed by atoms with Gasteiger partial charge in [-0.3, -0.25) is 4.79 Å². The molecule has 1 atom stereocenters. The Morgan fingerprint density at radius 3 is 2.95 bits per heavy atom. The van der Waals surface area contributed by atoms with Gasteiger partial charge in [-0.15, -0.1) is 0 Å². The molecule has 0 spiro atoms. The highest BCUT2D eigenvalue weighted by Gasteiger charge is 2.28. The molecule has 1 unspecified atom stereocenters. The monoisotopic (exact) mass is 273 g/mol. The first-order chi connectivity index (χ1) is 9.52. The highest BCUT2D eigenvalue weighted by atomic mass is 16.4. The highest BCUT2D eigenvalue weighted by Crippen LogP contribution is 2.29. The molecule has 0 radical (unpaired) electrons. The van der Waals surface area contributed by atoms with Gasteiger partial charge in [-0.05, 0) is 44.7 Å². The number of aryl methyl sites for hydroxylation is 2. The minimum atomic E-state index is -0.801. The second-order valence-corrected chi connectivity index (χ2v) is 5.33. The normalized spacial score (nSPS) is 18.6. The Labute approximate surface area is 118 Å². The summed E-state index contributed by atoms with van der Waals surface area (Å²) in [5, 5.41) is 18.4. The maximum Gasteiger partial charge on any atom is 0.305 e. The van der Waals surface area contributed by atoms with Crippen LogP contribution in [0.5, 0.6) is 0 Å². The lowest BCUT2D eigenvalue weighted by Crippen LogP contribution is -2.42. The quantitative estimate of drug-likeness (QED) is 0.915. The topological polar surface area (TPSA) is 77.2 Å². The predicted octanol–water partition coefficient (Wildman–Crippen LogP) is 2.40. The van der Waals surface area contributed by atoms with E-state index in [-0.39, 0.29) is 12.5 Å². The van der Waals surface area contributed by atoms with Gasteiger partial charge in [0, 0.05) is 18.3 Å². The number of carboxylic acid groups (broad SMARTS) is 1. The number of anilines is 1. The Kier molecular flexibility index (Phi) is 4.23. The van der Waals surface area contributed by atoms with Gasteiger partial charge in [0.15, 0.2) is 0 Å². The average molecular weight is 273 g/mol. The Hall–Kier alpha value is -2.09. The summed E-state index contributed by atoms with van der Waals surface area (Å²) in [7, 11) is 0. The Balaban J connectivity index is 2.42. The Morgan fingerprint density at radius 2 is 2.30 bits per heavy atom.